The highest BCUT2D eigenvalue weighted by Gasteiger charge is 2.39. The first-order valence-electron chi connectivity index (χ1n) is 10.8. The van der Waals surface area contributed by atoms with Crippen LogP contribution in [0.4, 0.5) is 0 Å². The lowest BCUT2D eigenvalue weighted by Crippen LogP contribution is -2.21. The molecule has 5 nitrogen and oxygen atoms in total. The van der Waals surface area contributed by atoms with Crippen molar-refractivity contribution in [3.05, 3.63) is 118 Å². The van der Waals surface area contributed by atoms with Gasteiger partial charge in [-0.1, -0.05) is 66.7 Å². The number of hydroxylamine groups is 1. The first kappa shape index (κ1) is 22.1. The van der Waals surface area contributed by atoms with Crippen LogP contribution in [0.2, 0.25) is 0 Å². The highest BCUT2D eigenvalue weighted by molar-refractivity contribution is 6.35. The SMILES string of the molecule is CCOC(=O)C1=C(c2ccccc2)c2ccc(OC/C=C/c3ccccc3)cc2/C1=[N+](/C)[O-]. The molecule has 0 spiro atoms. The van der Waals surface area contributed by atoms with E-state index in [9.17, 15) is 10.0 Å². The van der Waals surface area contributed by atoms with E-state index < -0.39 is 5.97 Å². The lowest BCUT2D eigenvalue weighted by molar-refractivity contribution is -0.421. The normalized spacial score (nSPS) is 14.4. The molecular formula is C28H25NO4. The molecule has 0 aromatic heterocycles. The Morgan fingerprint density at radius 3 is 2.33 bits per heavy atom. The fourth-order valence-corrected chi connectivity index (χ4v) is 3.94. The maximum atomic E-state index is 12.9. The van der Waals surface area contributed by atoms with E-state index in [1.54, 1.807) is 6.92 Å². The van der Waals surface area contributed by atoms with E-state index in [-0.39, 0.29) is 17.9 Å². The molecule has 3 aromatic carbocycles. The molecule has 0 N–H and O–H groups in total. The van der Waals surface area contributed by atoms with Gasteiger partial charge in [0.2, 0.25) is 5.71 Å². The third kappa shape index (κ3) is 4.72. The predicted molar refractivity (Wildman–Crippen MR) is 130 cm³/mol. The summed E-state index contributed by atoms with van der Waals surface area (Å²) in [6.07, 6.45) is 3.93. The third-order valence-corrected chi connectivity index (χ3v) is 5.32. The average Bonchev–Trinajstić information content (AvgIpc) is 3.18. The van der Waals surface area contributed by atoms with Crippen molar-refractivity contribution in [3.8, 4) is 5.75 Å². The molecule has 0 saturated heterocycles. The van der Waals surface area contributed by atoms with Crippen LogP contribution < -0.4 is 4.74 Å². The molecule has 1 aliphatic rings. The molecular weight excluding hydrogens is 414 g/mol. The standard InChI is InChI=1S/C28H25NO4/c1-3-32-28(30)26-25(21-14-8-5-9-15-21)23-17-16-22(19-24(23)27(26)29(2)31)33-18-10-13-20-11-6-4-7-12-20/h4-17,19H,3,18H2,1-2H3/b13-10+,29-27+. The van der Waals surface area contributed by atoms with Crippen molar-refractivity contribution in [2.24, 2.45) is 0 Å². The molecule has 0 fully saturated rings. The molecule has 4 rings (SSSR count). The number of benzene rings is 3. The van der Waals surface area contributed by atoms with E-state index in [0.717, 1.165) is 21.4 Å². The van der Waals surface area contributed by atoms with Gasteiger partial charge < -0.3 is 14.7 Å². The van der Waals surface area contributed by atoms with Gasteiger partial charge in [0.15, 0.2) is 0 Å². The maximum absolute atomic E-state index is 12.9. The quantitative estimate of drug-likeness (QED) is 0.223. The first-order valence-corrected chi connectivity index (χ1v) is 10.8. The van der Waals surface area contributed by atoms with E-state index in [1.807, 2.05) is 91.0 Å². The minimum Gasteiger partial charge on any atom is -0.624 e. The van der Waals surface area contributed by atoms with Crippen molar-refractivity contribution < 1.29 is 19.0 Å². The number of esters is 1. The van der Waals surface area contributed by atoms with Gasteiger partial charge in [-0.2, -0.15) is 0 Å². The molecule has 0 saturated carbocycles. The number of rotatable bonds is 7. The number of fused-ring (bicyclic) bond motifs is 1. The second-order valence-corrected chi connectivity index (χ2v) is 7.51. The smallest absolute Gasteiger partial charge is 0.345 e. The van der Waals surface area contributed by atoms with Crippen molar-refractivity contribution >= 4 is 23.3 Å². The summed E-state index contributed by atoms with van der Waals surface area (Å²) < 4.78 is 11.9. The third-order valence-electron chi connectivity index (χ3n) is 5.32. The zero-order chi connectivity index (χ0) is 23.2. The van der Waals surface area contributed by atoms with Crippen LogP contribution in [0, 0.1) is 5.21 Å². The number of hydrogen-bond acceptors (Lipinski definition) is 4. The zero-order valence-electron chi connectivity index (χ0n) is 18.7. The Labute approximate surface area is 193 Å². The number of ether oxygens (including phenoxy) is 2. The van der Waals surface area contributed by atoms with Gasteiger partial charge in [0.25, 0.3) is 0 Å². The van der Waals surface area contributed by atoms with Crippen molar-refractivity contribution in [1.82, 2.24) is 0 Å². The highest BCUT2D eigenvalue weighted by atomic mass is 16.5. The van der Waals surface area contributed by atoms with E-state index in [4.69, 9.17) is 9.47 Å². The Bertz CT molecular complexity index is 1240. The van der Waals surface area contributed by atoms with Crippen LogP contribution in [-0.2, 0) is 9.53 Å². The van der Waals surface area contributed by atoms with Gasteiger partial charge >= 0.3 is 5.97 Å². The van der Waals surface area contributed by atoms with Gasteiger partial charge in [0, 0.05) is 5.57 Å². The summed E-state index contributed by atoms with van der Waals surface area (Å²) in [5.41, 5.74) is 4.64. The molecule has 0 amide bonds. The van der Waals surface area contributed by atoms with Crippen LogP contribution in [0.3, 0.4) is 0 Å². The highest BCUT2D eigenvalue weighted by Crippen LogP contribution is 2.40. The second-order valence-electron chi connectivity index (χ2n) is 7.51. The Hall–Kier alpha value is -4.12. The topological polar surface area (TPSA) is 61.6 Å². The molecule has 0 heterocycles. The summed E-state index contributed by atoms with van der Waals surface area (Å²) in [6.45, 7) is 2.34. The summed E-state index contributed by atoms with van der Waals surface area (Å²) in [5, 5.41) is 12.6. The molecule has 0 bridgehead atoms. The summed E-state index contributed by atoms with van der Waals surface area (Å²) >= 11 is 0. The number of nitrogens with zero attached hydrogens (tertiary/aromatic N) is 1. The molecule has 0 atom stereocenters. The number of carbonyl (C=O) groups is 1. The van der Waals surface area contributed by atoms with Crippen LogP contribution in [-0.4, -0.2) is 36.7 Å². The van der Waals surface area contributed by atoms with E-state index in [1.165, 1.54) is 7.05 Å². The largest absolute Gasteiger partial charge is 0.624 e. The minimum atomic E-state index is -0.515. The van der Waals surface area contributed by atoms with E-state index in [2.05, 4.69) is 0 Å². The summed E-state index contributed by atoms with van der Waals surface area (Å²) in [7, 11) is 1.39. The zero-order valence-corrected chi connectivity index (χ0v) is 18.7. The Balaban J connectivity index is 1.69. The van der Waals surface area contributed by atoms with Crippen molar-refractivity contribution in [2.45, 2.75) is 6.92 Å². The second kappa shape index (κ2) is 10.0. The van der Waals surface area contributed by atoms with Gasteiger partial charge in [-0.05, 0) is 47.9 Å². The van der Waals surface area contributed by atoms with Crippen LogP contribution in [0.15, 0.2) is 90.5 Å². The molecule has 0 aliphatic heterocycles. The summed E-state index contributed by atoms with van der Waals surface area (Å²) in [4.78, 5) is 12.9. The van der Waals surface area contributed by atoms with Crippen LogP contribution in [0.1, 0.15) is 29.2 Å². The Morgan fingerprint density at radius 1 is 0.970 bits per heavy atom. The van der Waals surface area contributed by atoms with Gasteiger partial charge in [-0.25, -0.2) is 9.53 Å². The van der Waals surface area contributed by atoms with Gasteiger partial charge in [0.1, 0.15) is 25.0 Å². The van der Waals surface area contributed by atoms with Crippen molar-refractivity contribution in [2.75, 3.05) is 20.3 Å². The predicted octanol–water partition coefficient (Wildman–Crippen LogP) is 5.09. The molecule has 166 valence electrons. The first-order chi connectivity index (χ1) is 16.1. The Kier molecular flexibility index (Phi) is 6.69. The molecule has 3 aromatic rings. The monoisotopic (exact) mass is 439 g/mol. The lowest BCUT2D eigenvalue weighted by Gasteiger charge is -2.08. The number of hydrogen-bond donors (Lipinski definition) is 0. The average molecular weight is 440 g/mol. The molecule has 1 aliphatic carbocycles. The van der Waals surface area contributed by atoms with Crippen molar-refractivity contribution in [1.29, 1.82) is 0 Å². The number of carbonyl (C=O) groups excluding carboxylic acids is 1. The van der Waals surface area contributed by atoms with Gasteiger partial charge in [-0.3, -0.25) is 0 Å². The fraction of sp³-hybridized carbons (Fsp3) is 0.143. The van der Waals surface area contributed by atoms with Crippen LogP contribution >= 0.6 is 0 Å². The molecule has 33 heavy (non-hydrogen) atoms. The Morgan fingerprint density at radius 2 is 1.67 bits per heavy atom. The lowest BCUT2D eigenvalue weighted by atomic mass is 9.97. The summed E-state index contributed by atoms with van der Waals surface area (Å²) in [6, 6.07) is 25.1. The minimum absolute atomic E-state index is 0.221. The molecule has 0 unspecified atom stereocenters. The van der Waals surface area contributed by atoms with E-state index >= 15 is 0 Å². The van der Waals surface area contributed by atoms with Gasteiger partial charge in [-0.15, -0.1) is 0 Å². The fourth-order valence-electron chi connectivity index (χ4n) is 3.94. The summed E-state index contributed by atoms with van der Waals surface area (Å²) in [5.74, 6) is 0.0989. The molecule has 5 heteroatoms. The van der Waals surface area contributed by atoms with Crippen LogP contribution in [0.5, 0.6) is 5.75 Å². The maximum Gasteiger partial charge on any atom is 0.345 e. The van der Waals surface area contributed by atoms with Crippen LogP contribution in [0.25, 0.3) is 11.6 Å². The molecule has 0 radical (unpaired) electrons. The van der Waals surface area contributed by atoms with Crippen molar-refractivity contribution in [3.63, 3.8) is 0 Å². The van der Waals surface area contributed by atoms with Gasteiger partial charge in [0.05, 0.1) is 12.2 Å². The van der Waals surface area contributed by atoms with E-state index in [0.29, 0.717) is 23.5 Å².